The highest BCUT2D eigenvalue weighted by Gasteiger charge is 2.04. The summed E-state index contributed by atoms with van der Waals surface area (Å²) in [7, 11) is 3.23. The van der Waals surface area contributed by atoms with Crippen molar-refractivity contribution in [2.45, 2.75) is 13.1 Å². The number of ether oxygens (including phenoxy) is 2. The van der Waals surface area contributed by atoms with Gasteiger partial charge in [-0.15, -0.1) is 0 Å². The van der Waals surface area contributed by atoms with Gasteiger partial charge in [0.05, 0.1) is 20.8 Å². The lowest BCUT2D eigenvalue weighted by atomic mass is 10.2. The fraction of sp³-hybridized carbons (Fsp3) is 0.235. The van der Waals surface area contributed by atoms with E-state index in [0.717, 1.165) is 15.6 Å². The Kier molecular flexibility index (Phi) is 6.29. The van der Waals surface area contributed by atoms with Gasteiger partial charge in [0, 0.05) is 11.0 Å². The zero-order valence-electron chi connectivity index (χ0n) is 13.2. The monoisotopic (exact) mass is 377 g/mol. The summed E-state index contributed by atoms with van der Waals surface area (Å²) < 4.78 is 11.5. The molecule has 0 aliphatic rings. The maximum atomic E-state index is 5.91. The van der Waals surface area contributed by atoms with Crippen LogP contribution in [0.1, 0.15) is 11.1 Å². The molecule has 122 valence electrons. The van der Waals surface area contributed by atoms with Crippen LogP contribution in [0.3, 0.4) is 0 Å². The SMILES string of the molecule is COc1ccc(CNC(N)=NCc2cccc(Br)c2)cc1OC. The number of halogens is 1. The minimum atomic E-state index is 0.403. The summed E-state index contributed by atoms with van der Waals surface area (Å²) >= 11 is 3.44. The zero-order chi connectivity index (χ0) is 16.7. The van der Waals surface area contributed by atoms with Gasteiger partial charge in [-0.1, -0.05) is 34.1 Å². The second kappa shape index (κ2) is 8.43. The summed E-state index contributed by atoms with van der Waals surface area (Å²) in [6, 6.07) is 13.7. The van der Waals surface area contributed by atoms with Gasteiger partial charge in [0.25, 0.3) is 0 Å². The van der Waals surface area contributed by atoms with Gasteiger partial charge in [0.2, 0.25) is 0 Å². The zero-order valence-corrected chi connectivity index (χ0v) is 14.8. The van der Waals surface area contributed by atoms with Crippen molar-refractivity contribution in [2.24, 2.45) is 10.7 Å². The van der Waals surface area contributed by atoms with Crippen LogP contribution >= 0.6 is 15.9 Å². The molecule has 2 aromatic carbocycles. The molecule has 0 spiro atoms. The number of guanidine groups is 1. The number of hydrogen-bond acceptors (Lipinski definition) is 3. The van der Waals surface area contributed by atoms with E-state index < -0.39 is 0 Å². The first kappa shape index (κ1) is 17.1. The first-order chi connectivity index (χ1) is 11.1. The van der Waals surface area contributed by atoms with Crippen molar-refractivity contribution in [3.05, 3.63) is 58.1 Å². The van der Waals surface area contributed by atoms with Gasteiger partial charge in [0.15, 0.2) is 17.5 Å². The van der Waals surface area contributed by atoms with E-state index in [1.165, 1.54) is 0 Å². The lowest BCUT2D eigenvalue weighted by Crippen LogP contribution is -2.31. The molecule has 0 radical (unpaired) electrons. The van der Waals surface area contributed by atoms with Crippen LogP contribution in [-0.2, 0) is 13.1 Å². The molecule has 0 heterocycles. The van der Waals surface area contributed by atoms with Gasteiger partial charge >= 0.3 is 0 Å². The number of hydrogen-bond donors (Lipinski definition) is 2. The standard InChI is InChI=1S/C17H20BrN3O2/c1-22-15-7-6-13(9-16(15)23-2)11-21-17(19)20-10-12-4-3-5-14(18)8-12/h3-9H,10-11H2,1-2H3,(H3,19,20,21). The lowest BCUT2D eigenvalue weighted by molar-refractivity contribution is 0.354. The second-order valence-electron chi connectivity index (χ2n) is 4.87. The average molecular weight is 378 g/mol. The normalized spacial score (nSPS) is 11.2. The van der Waals surface area contributed by atoms with E-state index in [-0.39, 0.29) is 0 Å². The van der Waals surface area contributed by atoms with E-state index in [4.69, 9.17) is 15.2 Å². The van der Waals surface area contributed by atoms with Crippen LogP contribution in [0.5, 0.6) is 11.5 Å². The van der Waals surface area contributed by atoms with E-state index in [1.807, 2.05) is 42.5 Å². The summed E-state index contributed by atoms with van der Waals surface area (Å²) in [6.07, 6.45) is 0. The minimum absolute atomic E-state index is 0.403. The molecule has 0 aliphatic carbocycles. The number of methoxy groups -OCH3 is 2. The largest absolute Gasteiger partial charge is 0.493 e. The van der Waals surface area contributed by atoms with Crippen molar-refractivity contribution in [1.29, 1.82) is 0 Å². The topological polar surface area (TPSA) is 68.9 Å². The Balaban J connectivity index is 1.93. The van der Waals surface area contributed by atoms with E-state index in [0.29, 0.717) is 30.5 Å². The fourth-order valence-electron chi connectivity index (χ4n) is 2.05. The van der Waals surface area contributed by atoms with Gasteiger partial charge in [-0.25, -0.2) is 4.99 Å². The second-order valence-corrected chi connectivity index (χ2v) is 5.79. The number of benzene rings is 2. The Labute approximate surface area is 144 Å². The van der Waals surface area contributed by atoms with Crippen LogP contribution in [0, 0.1) is 0 Å². The average Bonchev–Trinajstić information content (AvgIpc) is 2.57. The number of aliphatic imine (C=N–C) groups is 1. The number of nitrogens with one attached hydrogen (secondary N) is 1. The molecule has 2 aromatic rings. The van der Waals surface area contributed by atoms with Crippen LogP contribution < -0.4 is 20.5 Å². The summed E-state index contributed by atoms with van der Waals surface area (Å²) in [5, 5.41) is 3.09. The highest BCUT2D eigenvalue weighted by molar-refractivity contribution is 9.10. The molecule has 0 unspecified atom stereocenters. The quantitative estimate of drug-likeness (QED) is 0.599. The molecule has 0 saturated heterocycles. The van der Waals surface area contributed by atoms with Gasteiger partial charge in [-0.2, -0.15) is 0 Å². The number of rotatable bonds is 6. The first-order valence-corrected chi connectivity index (χ1v) is 7.91. The Bertz CT molecular complexity index is 689. The Hall–Kier alpha value is -2.21. The molecule has 0 saturated carbocycles. The van der Waals surface area contributed by atoms with Gasteiger partial charge in [-0.3, -0.25) is 0 Å². The third-order valence-corrected chi connectivity index (χ3v) is 3.74. The van der Waals surface area contributed by atoms with Gasteiger partial charge in [-0.05, 0) is 35.4 Å². The van der Waals surface area contributed by atoms with Crippen molar-refractivity contribution >= 4 is 21.9 Å². The molecule has 0 aromatic heterocycles. The molecule has 2 rings (SSSR count). The smallest absolute Gasteiger partial charge is 0.189 e. The van der Waals surface area contributed by atoms with E-state index >= 15 is 0 Å². The molecule has 0 bridgehead atoms. The minimum Gasteiger partial charge on any atom is -0.493 e. The predicted molar refractivity (Wildman–Crippen MR) is 95.9 cm³/mol. The van der Waals surface area contributed by atoms with Gasteiger partial charge < -0.3 is 20.5 Å². The van der Waals surface area contributed by atoms with Crippen LogP contribution in [0.2, 0.25) is 0 Å². The number of nitrogens with two attached hydrogens (primary N) is 1. The van der Waals surface area contributed by atoms with E-state index in [1.54, 1.807) is 14.2 Å². The Morgan fingerprint density at radius 3 is 2.57 bits per heavy atom. The predicted octanol–water partition coefficient (Wildman–Crippen LogP) is 3.07. The molecular formula is C17H20BrN3O2. The van der Waals surface area contributed by atoms with Gasteiger partial charge in [0.1, 0.15) is 0 Å². The van der Waals surface area contributed by atoms with Crippen LogP contribution in [0.15, 0.2) is 51.9 Å². The van der Waals surface area contributed by atoms with E-state index in [9.17, 15) is 0 Å². The molecule has 0 amide bonds. The highest BCUT2D eigenvalue weighted by atomic mass is 79.9. The van der Waals surface area contributed by atoms with Crippen LogP contribution in [-0.4, -0.2) is 20.2 Å². The molecule has 23 heavy (non-hydrogen) atoms. The number of nitrogens with zero attached hydrogens (tertiary/aromatic N) is 1. The Morgan fingerprint density at radius 2 is 1.87 bits per heavy atom. The van der Waals surface area contributed by atoms with Crippen molar-refractivity contribution in [2.75, 3.05) is 14.2 Å². The molecular weight excluding hydrogens is 358 g/mol. The van der Waals surface area contributed by atoms with E-state index in [2.05, 4.69) is 26.2 Å². The van der Waals surface area contributed by atoms with Crippen LogP contribution in [0.25, 0.3) is 0 Å². The van der Waals surface area contributed by atoms with Crippen molar-refractivity contribution in [3.63, 3.8) is 0 Å². The maximum Gasteiger partial charge on any atom is 0.189 e. The highest BCUT2D eigenvalue weighted by Crippen LogP contribution is 2.27. The molecule has 0 atom stereocenters. The first-order valence-electron chi connectivity index (χ1n) is 7.11. The summed E-state index contributed by atoms with van der Waals surface area (Å²) in [6.45, 7) is 1.10. The summed E-state index contributed by atoms with van der Waals surface area (Å²) in [5.74, 6) is 1.80. The summed E-state index contributed by atoms with van der Waals surface area (Å²) in [5.41, 5.74) is 8.03. The third kappa shape index (κ3) is 5.17. The fourth-order valence-corrected chi connectivity index (χ4v) is 2.50. The lowest BCUT2D eigenvalue weighted by Gasteiger charge is -2.10. The maximum absolute atomic E-state index is 5.91. The van der Waals surface area contributed by atoms with Crippen LogP contribution in [0.4, 0.5) is 0 Å². The molecule has 3 N–H and O–H groups in total. The Morgan fingerprint density at radius 1 is 1.09 bits per heavy atom. The molecule has 0 fully saturated rings. The van der Waals surface area contributed by atoms with Crippen molar-refractivity contribution in [3.8, 4) is 11.5 Å². The third-order valence-electron chi connectivity index (χ3n) is 3.24. The molecule has 6 heteroatoms. The summed E-state index contributed by atoms with van der Waals surface area (Å²) in [4.78, 5) is 4.33. The van der Waals surface area contributed by atoms with Crippen molar-refractivity contribution in [1.82, 2.24) is 5.32 Å². The van der Waals surface area contributed by atoms with Crippen molar-refractivity contribution < 1.29 is 9.47 Å². The molecule has 0 aliphatic heterocycles. The molecule has 5 nitrogen and oxygen atoms in total.